The van der Waals surface area contributed by atoms with E-state index in [1.165, 1.54) is 6.07 Å². The Kier molecular flexibility index (Phi) is 4.54. The lowest BCUT2D eigenvalue weighted by Gasteiger charge is -2.32. The lowest BCUT2D eigenvalue weighted by molar-refractivity contribution is 0.523. The molecule has 25 heavy (non-hydrogen) atoms. The number of hydrogen-bond acceptors (Lipinski definition) is 5. The van der Waals surface area contributed by atoms with Crippen LogP contribution in [0.15, 0.2) is 52.3 Å². The average molecular weight is 402 g/mol. The molecule has 0 unspecified atom stereocenters. The second-order valence-electron chi connectivity index (χ2n) is 5.77. The lowest BCUT2D eigenvalue weighted by atomic mass is 9.98. The van der Waals surface area contributed by atoms with Gasteiger partial charge in [0.2, 0.25) is 20.0 Å². The number of rotatable bonds is 3. The van der Waals surface area contributed by atoms with Gasteiger partial charge in [0, 0.05) is 5.92 Å². The molecule has 0 amide bonds. The van der Waals surface area contributed by atoms with Gasteiger partial charge in [-0.15, -0.1) is 0 Å². The molecular formula is C15H16ClN3O4S2. The third kappa shape index (κ3) is 3.51. The van der Waals surface area contributed by atoms with Crippen LogP contribution in [0, 0.1) is 0 Å². The normalized spacial score (nSPS) is 20.4. The zero-order chi connectivity index (χ0) is 18.4. The quantitative estimate of drug-likeness (QED) is 0.724. The summed E-state index contributed by atoms with van der Waals surface area (Å²) in [6.45, 7) is 1.88. The van der Waals surface area contributed by atoms with E-state index in [1.807, 2.05) is 37.3 Å². The molecule has 0 aromatic heterocycles. The number of hydrogen-bond donors (Lipinski definition) is 3. The van der Waals surface area contributed by atoms with E-state index in [0.29, 0.717) is 0 Å². The maximum atomic E-state index is 12.6. The lowest BCUT2D eigenvalue weighted by Crippen LogP contribution is -2.47. The van der Waals surface area contributed by atoms with Gasteiger partial charge in [0.15, 0.2) is 0 Å². The third-order valence-electron chi connectivity index (χ3n) is 4.05. The first-order chi connectivity index (χ1) is 11.6. The van der Waals surface area contributed by atoms with Crippen molar-refractivity contribution in [1.82, 2.24) is 4.72 Å². The molecule has 0 aliphatic carbocycles. The minimum Gasteiger partial charge on any atom is -0.367 e. The van der Waals surface area contributed by atoms with E-state index in [0.717, 1.165) is 11.6 Å². The van der Waals surface area contributed by atoms with Crippen LogP contribution in [-0.2, 0) is 20.0 Å². The highest BCUT2D eigenvalue weighted by Crippen LogP contribution is 2.35. The number of nitrogens with one attached hydrogen (secondary N) is 2. The van der Waals surface area contributed by atoms with E-state index >= 15 is 0 Å². The molecule has 10 heteroatoms. The van der Waals surface area contributed by atoms with Crippen LogP contribution in [0.2, 0.25) is 5.02 Å². The Morgan fingerprint density at radius 3 is 2.44 bits per heavy atom. The first kappa shape index (κ1) is 18.2. The van der Waals surface area contributed by atoms with Crippen molar-refractivity contribution in [3.05, 3.63) is 53.1 Å². The van der Waals surface area contributed by atoms with Crippen LogP contribution in [0.25, 0.3) is 0 Å². The standard InChI is InChI=1S/C15H16ClN3O4S2/c1-9(10-5-3-2-4-6-10)15-18-12-7-11(16)13(24(17,20)21)8-14(12)25(22,23)19-15/h2-9,15,18-19H,1H3,(H2,17,20,21)/t9-,15-/m1/s1. The van der Waals surface area contributed by atoms with Gasteiger partial charge in [-0.2, -0.15) is 4.72 Å². The highest BCUT2D eigenvalue weighted by atomic mass is 35.5. The molecule has 2 atom stereocenters. The zero-order valence-electron chi connectivity index (χ0n) is 13.1. The summed E-state index contributed by atoms with van der Waals surface area (Å²) in [5, 5.41) is 8.00. The first-order valence-corrected chi connectivity index (χ1v) is 10.7. The Hall–Kier alpha value is -1.65. The van der Waals surface area contributed by atoms with Crippen molar-refractivity contribution >= 4 is 37.3 Å². The molecule has 1 aliphatic rings. The summed E-state index contributed by atoms with van der Waals surface area (Å²) in [6, 6.07) is 11.6. The average Bonchev–Trinajstić information content (AvgIpc) is 2.52. The minimum absolute atomic E-state index is 0.142. The van der Waals surface area contributed by atoms with Gasteiger partial charge >= 0.3 is 0 Å². The molecule has 134 valence electrons. The molecule has 0 saturated heterocycles. The smallest absolute Gasteiger partial charge is 0.244 e. The highest BCUT2D eigenvalue weighted by Gasteiger charge is 2.34. The molecule has 7 nitrogen and oxygen atoms in total. The fraction of sp³-hybridized carbons (Fsp3) is 0.200. The summed E-state index contributed by atoms with van der Waals surface area (Å²) in [7, 11) is -8.08. The van der Waals surface area contributed by atoms with Crippen LogP contribution >= 0.6 is 11.6 Å². The molecule has 2 aromatic carbocycles. The topological polar surface area (TPSA) is 118 Å². The fourth-order valence-electron chi connectivity index (χ4n) is 2.69. The van der Waals surface area contributed by atoms with Crippen LogP contribution in [0.5, 0.6) is 0 Å². The van der Waals surface area contributed by atoms with Gasteiger partial charge in [0.1, 0.15) is 9.79 Å². The maximum absolute atomic E-state index is 12.6. The monoisotopic (exact) mass is 401 g/mol. The van der Waals surface area contributed by atoms with Gasteiger partial charge in [0.25, 0.3) is 0 Å². The number of nitrogens with two attached hydrogens (primary N) is 1. The van der Waals surface area contributed by atoms with Crippen molar-refractivity contribution < 1.29 is 16.8 Å². The summed E-state index contributed by atoms with van der Waals surface area (Å²) in [6.07, 6.45) is -0.615. The number of fused-ring (bicyclic) bond motifs is 1. The molecule has 1 heterocycles. The first-order valence-electron chi connectivity index (χ1n) is 7.30. The molecule has 0 spiro atoms. The predicted molar refractivity (Wildman–Crippen MR) is 95.4 cm³/mol. The van der Waals surface area contributed by atoms with E-state index in [9.17, 15) is 16.8 Å². The van der Waals surface area contributed by atoms with Crippen LogP contribution in [0.3, 0.4) is 0 Å². The largest absolute Gasteiger partial charge is 0.367 e. The second kappa shape index (κ2) is 6.26. The number of benzene rings is 2. The van der Waals surface area contributed by atoms with Gasteiger partial charge in [0.05, 0.1) is 16.9 Å². The Labute approximate surface area is 151 Å². The molecular weight excluding hydrogens is 386 g/mol. The van der Waals surface area contributed by atoms with Crippen LogP contribution in [0.4, 0.5) is 5.69 Å². The fourth-order valence-corrected chi connectivity index (χ4v) is 5.27. The van der Waals surface area contributed by atoms with Gasteiger partial charge in [-0.3, -0.25) is 0 Å². The summed E-state index contributed by atoms with van der Waals surface area (Å²) in [5.74, 6) is -0.180. The Morgan fingerprint density at radius 2 is 1.84 bits per heavy atom. The Bertz CT molecular complexity index is 1020. The number of primary sulfonamides is 1. The zero-order valence-corrected chi connectivity index (χ0v) is 15.5. The van der Waals surface area contributed by atoms with Gasteiger partial charge in [-0.05, 0) is 17.7 Å². The van der Waals surface area contributed by atoms with E-state index in [2.05, 4.69) is 10.0 Å². The molecule has 0 fully saturated rings. The van der Waals surface area contributed by atoms with Gasteiger partial charge in [-0.25, -0.2) is 22.0 Å². The highest BCUT2D eigenvalue weighted by molar-refractivity contribution is 7.90. The summed E-state index contributed by atoms with van der Waals surface area (Å²) in [4.78, 5) is -0.646. The van der Waals surface area contributed by atoms with E-state index in [1.54, 1.807) is 0 Å². The second-order valence-corrected chi connectivity index (χ2v) is 9.39. The molecule has 1 aliphatic heterocycles. The molecule has 4 N–H and O–H groups in total. The van der Waals surface area contributed by atoms with Gasteiger partial charge in [-0.1, -0.05) is 48.9 Å². The van der Waals surface area contributed by atoms with Crippen molar-refractivity contribution in [2.24, 2.45) is 5.14 Å². The SMILES string of the molecule is C[C@H](c1ccccc1)[C@@H]1Nc2cc(Cl)c(S(N)(=O)=O)cc2S(=O)(=O)N1. The Morgan fingerprint density at radius 1 is 1.20 bits per heavy atom. The molecule has 0 radical (unpaired) electrons. The maximum Gasteiger partial charge on any atom is 0.244 e. The van der Waals surface area contributed by atoms with Crippen LogP contribution < -0.4 is 15.2 Å². The molecule has 0 saturated carbocycles. The van der Waals surface area contributed by atoms with Crippen molar-refractivity contribution in [3.8, 4) is 0 Å². The summed E-state index contributed by atoms with van der Waals surface area (Å²) >= 11 is 5.97. The van der Waals surface area contributed by atoms with E-state index in [-0.39, 0.29) is 21.5 Å². The van der Waals surface area contributed by atoms with E-state index < -0.39 is 31.1 Å². The molecule has 2 aromatic rings. The van der Waals surface area contributed by atoms with Crippen LogP contribution in [0.1, 0.15) is 18.4 Å². The molecule has 3 rings (SSSR count). The number of anilines is 1. The van der Waals surface area contributed by atoms with Crippen LogP contribution in [-0.4, -0.2) is 23.0 Å². The predicted octanol–water partition coefficient (Wildman–Crippen LogP) is 1.82. The molecule has 0 bridgehead atoms. The van der Waals surface area contributed by atoms with E-state index in [4.69, 9.17) is 16.7 Å². The van der Waals surface area contributed by atoms with Crippen molar-refractivity contribution in [3.63, 3.8) is 0 Å². The van der Waals surface area contributed by atoms with Crippen molar-refractivity contribution in [2.75, 3.05) is 5.32 Å². The third-order valence-corrected chi connectivity index (χ3v) is 6.91. The minimum atomic E-state index is -4.14. The summed E-state index contributed by atoms with van der Waals surface area (Å²) in [5.41, 5.74) is 1.17. The van der Waals surface area contributed by atoms with Gasteiger partial charge < -0.3 is 5.32 Å². The number of halogens is 1. The van der Waals surface area contributed by atoms with Crippen molar-refractivity contribution in [2.45, 2.75) is 28.8 Å². The Balaban J connectivity index is 2.06. The summed E-state index contributed by atoms with van der Waals surface area (Å²) < 4.78 is 50.8. The number of sulfonamides is 2. The van der Waals surface area contributed by atoms with Crippen molar-refractivity contribution in [1.29, 1.82) is 0 Å².